The Bertz CT molecular complexity index is 1180. The van der Waals surface area contributed by atoms with Gasteiger partial charge in [-0.25, -0.2) is 9.97 Å². The molecule has 4 aromatic rings. The fraction of sp³-hybridized carbons (Fsp3) is 0.190. The molecular weight excluding hydrogens is 374 g/mol. The van der Waals surface area contributed by atoms with Crippen molar-refractivity contribution in [3.05, 3.63) is 59.1 Å². The number of anilines is 2. The van der Waals surface area contributed by atoms with Gasteiger partial charge in [-0.15, -0.1) is 0 Å². The second-order valence-corrected chi connectivity index (χ2v) is 7.55. The maximum Gasteiger partial charge on any atom is 0.261 e. The summed E-state index contributed by atoms with van der Waals surface area (Å²) in [6.45, 7) is 4.82. The Morgan fingerprint density at radius 3 is 2.39 bits per heavy atom. The van der Waals surface area contributed by atoms with Crippen LogP contribution in [0.5, 0.6) is 0 Å². The smallest absolute Gasteiger partial charge is 0.261 e. The molecule has 0 bridgehead atoms. The van der Waals surface area contributed by atoms with Crippen molar-refractivity contribution in [3.8, 4) is 0 Å². The standard InChI is InChI=1S/C21H20ClN5O/c1-12(2)11-27-19(23)17(21(28)24-14-9-7-13(22)8-10-14)18-20(27)26-16-6-4-3-5-15(16)25-18/h3-10,12H,11,23H2,1-2H3,(H,24,28). The van der Waals surface area contributed by atoms with E-state index in [0.29, 0.717) is 45.7 Å². The zero-order valence-electron chi connectivity index (χ0n) is 15.6. The predicted molar refractivity (Wildman–Crippen MR) is 114 cm³/mol. The van der Waals surface area contributed by atoms with Crippen LogP contribution in [0.4, 0.5) is 11.5 Å². The van der Waals surface area contributed by atoms with Crippen LogP contribution in [0.15, 0.2) is 48.5 Å². The van der Waals surface area contributed by atoms with Crippen LogP contribution in [0.2, 0.25) is 5.02 Å². The molecular formula is C21H20ClN5O. The molecule has 2 heterocycles. The number of benzene rings is 2. The van der Waals surface area contributed by atoms with Crippen molar-refractivity contribution in [2.75, 3.05) is 11.1 Å². The molecule has 0 aliphatic rings. The van der Waals surface area contributed by atoms with Crippen LogP contribution in [-0.4, -0.2) is 20.4 Å². The molecule has 3 N–H and O–H groups in total. The molecule has 142 valence electrons. The molecule has 1 amide bonds. The van der Waals surface area contributed by atoms with Crippen molar-refractivity contribution in [1.29, 1.82) is 0 Å². The van der Waals surface area contributed by atoms with Gasteiger partial charge in [0.2, 0.25) is 0 Å². The number of aromatic nitrogens is 3. The molecule has 0 saturated heterocycles. The second kappa shape index (κ2) is 7.13. The van der Waals surface area contributed by atoms with Gasteiger partial charge in [-0.2, -0.15) is 0 Å². The summed E-state index contributed by atoms with van der Waals surface area (Å²) in [6, 6.07) is 14.5. The molecule has 6 nitrogen and oxygen atoms in total. The number of para-hydroxylation sites is 2. The van der Waals surface area contributed by atoms with E-state index in [4.69, 9.17) is 27.3 Å². The highest BCUT2D eigenvalue weighted by Crippen LogP contribution is 2.29. The normalized spacial score (nSPS) is 11.4. The van der Waals surface area contributed by atoms with Crippen LogP contribution in [0.25, 0.3) is 22.2 Å². The van der Waals surface area contributed by atoms with E-state index in [0.717, 1.165) is 11.0 Å². The van der Waals surface area contributed by atoms with Crippen molar-refractivity contribution >= 4 is 51.2 Å². The lowest BCUT2D eigenvalue weighted by Crippen LogP contribution is -2.15. The highest BCUT2D eigenvalue weighted by Gasteiger charge is 2.24. The SMILES string of the molecule is CC(C)Cn1c(N)c(C(=O)Nc2ccc(Cl)cc2)c2nc3ccccc3nc21. The molecule has 7 heteroatoms. The third-order valence-corrected chi connectivity index (χ3v) is 4.72. The van der Waals surface area contributed by atoms with Gasteiger partial charge in [0.25, 0.3) is 5.91 Å². The number of hydrogen-bond acceptors (Lipinski definition) is 4. The Balaban J connectivity index is 1.88. The van der Waals surface area contributed by atoms with Gasteiger partial charge in [0.05, 0.1) is 11.0 Å². The minimum absolute atomic E-state index is 0.322. The Kier molecular flexibility index (Phi) is 4.65. The lowest BCUT2D eigenvalue weighted by Gasteiger charge is -2.10. The first-order chi connectivity index (χ1) is 13.4. The summed E-state index contributed by atoms with van der Waals surface area (Å²) in [5.74, 6) is 0.376. The van der Waals surface area contributed by atoms with Gasteiger partial charge in [-0.1, -0.05) is 37.6 Å². The molecule has 0 aliphatic carbocycles. The number of nitrogens with two attached hydrogens (primary N) is 1. The molecule has 2 aromatic heterocycles. The number of hydrogen-bond donors (Lipinski definition) is 2. The number of carbonyl (C=O) groups is 1. The van der Waals surface area contributed by atoms with Crippen molar-refractivity contribution in [2.45, 2.75) is 20.4 Å². The summed E-state index contributed by atoms with van der Waals surface area (Å²) in [4.78, 5) is 22.5. The van der Waals surface area contributed by atoms with Gasteiger partial charge in [0.1, 0.15) is 16.9 Å². The van der Waals surface area contributed by atoms with E-state index in [-0.39, 0.29) is 5.91 Å². The summed E-state index contributed by atoms with van der Waals surface area (Å²) >= 11 is 5.92. The Labute approximate surface area is 167 Å². The number of carbonyl (C=O) groups excluding carboxylic acids is 1. The maximum absolute atomic E-state index is 13.1. The molecule has 0 unspecified atom stereocenters. The number of nitrogens with one attached hydrogen (secondary N) is 1. The minimum atomic E-state index is -0.322. The van der Waals surface area contributed by atoms with E-state index in [2.05, 4.69) is 19.2 Å². The molecule has 0 fully saturated rings. The van der Waals surface area contributed by atoms with Gasteiger partial charge >= 0.3 is 0 Å². The van der Waals surface area contributed by atoms with Gasteiger partial charge in [0, 0.05) is 17.3 Å². The average molecular weight is 394 g/mol. The summed E-state index contributed by atoms with van der Waals surface area (Å²) in [7, 11) is 0. The number of amides is 1. The van der Waals surface area contributed by atoms with Gasteiger partial charge in [-0.3, -0.25) is 4.79 Å². The summed E-state index contributed by atoms with van der Waals surface area (Å²) < 4.78 is 1.87. The Morgan fingerprint density at radius 2 is 1.75 bits per heavy atom. The lowest BCUT2D eigenvalue weighted by molar-refractivity contribution is 0.102. The fourth-order valence-corrected chi connectivity index (χ4v) is 3.34. The first kappa shape index (κ1) is 18.3. The highest BCUT2D eigenvalue weighted by atomic mass is 35.5. The third kappa shape index (κ3) is 3.27. The highest BCUT2D eigenvalue weighted by molar-refractivity contribution is 6.30. The summed E-state index contributed by atoms with van der Waals surface area (Å²) in [5.41, 5.74) is 9.98. The van der Waals surface area contributed by atoms with E-state index in [1.165, 1.54) is 0 Å². The number of nitrogen functional groups attached to an aromatic ring is 1. The van der Waals surface area contributed by atoms with Crippen LogP contribution in [-0.2, 0) is 6.54 Å². The minimum Gasteiger partial charge on any atom is -0.384 e. The molecule has 28 heavy (non-hydrogen) atoms. The molecule has 0 aliphatic heterocycles. The van der Waals surface area contributed by atoms with Crippen LogP contribution in [0.3, 0.4) is 0 Å². The van der Waals surface area contributed by atoms with E-state index in [1.54, 1.807) is 24.3 Å². The van der Waals surface area contributed by atoms with Gasteiger partial charge in [-0.05, 0) is 42.3 Å². The van der Waals surface area contributed by atoms with Gasteiger partial charge in [0.15, 0.2) is 5.65 Å². The largest absolute Gasteiger partial charge is 0.384 e. The number of fused-ring (bicyclic) bond motifs is 2. The zero-order chi connectivity index (χ0) is 19.8. The molecule has 4 rings (SSSR count). The number of halogens is 1. The predicted octanol–water partition coefficient (Wildman–Crippen LogP) is 4.73. The van der Waals surface area contributed by atoms with E-state index < -0.39 is 0 Å². The van der Waals surface area contributed by atoms with Gasteiger partial charge < -0.3 is 15.6 Å². The van der Waals surface area contributed by atoms with Crippen LogP contribution in [0, 0.1) is 5.92 Å². The van der Waals surface area contributed by atoms with Crippen LogP contribution >= 0.6 is 11.6 Å². The fourth-order valence-electron chi connectivity index (χ4n) is 3.22. The lowest BCUT2D eigenvalue weighted by atomic mass is 10.2. The molecule has 2 aromatic carbocycles. The zero-order valence-corrected chi connectivity index (χ0v) is 16.4. The van der Waals surface area contributed by atoms with E-state index >= 15 is 0 Å². The first-order valence-corrected chi connectivity index (χ1v) is 9.43. The average Bonchev–Trinajstić information content (AvgIpc) is 2.92. The van der Waals surface area contributed by atoms with Crippen molar-refractivity contribution in [2.24, 2.45) is 5.92 Å². The quantitative estimate of drug-likeness (QED) is 0.524. The first-order valence-electron chi connectivity index (χ1n) is 9.05. The maximum atomic E-state index is 13.1. The Morgan fingerprint density at radius 1 is 1.11 bits per heavy atom. The van der Waals surface area contributed by atoms with Crippen molar-refractivity contribution < 1.29 is 4.79 Å². The van der Waals surface area contributed by atoms with Crippen LogP contribution < -0.4 is 11.1 Å². The topological polar surface area (TPSA) is 85.8 Å². The number of nitrogens with zero attached hydrogens (tertiary/aromatic N) is 3. The number of rotatable bonds is 4. The summed E-state index contributed by atoms with van der Waals surface area (Å²) in [6.07, 6.45) is 0. The third-order valence-electron chi connectivity index (χ3n) is 4.47. The molecule has 0 saturated carbocycles. The van der Waals surface area contributed by atoms with Crippen molar-refractivity contribution in [3.63, 3.8) is 0 Å². The monoisotopic (exact) mass is 393 g/mol. The molecule has 0 atom stereocenters. The Hall–Kier alpha value is -3.12. The van der Waals surface area contributed by atoms with Crippen LogP contribution in [0.1, 0.15) is 24.2 Å². The second-order valence-electron chi connectivity index (χ2n) is 7.11. The molecule has 0 radical (unpaired) electrons. The van der Waals surface area contributed by atoms with Crippen molar-refractivity contribution in [1.82, 2.24) is 14.5 Å². The van der Waals surface area contributed by atoms with E-state index in [9.17, 15) is 4.79 Å². The van der Waals surface area contributed by atoms with E-state index in [1.807, 2.05) is 28.8 Å². The molecule has 0 spiro atoms. The summed E-state index contributed by atoms with van der Waals surface area (Å²) in [5, 5.41) is 3.47.